The number of amides is 3. The molecule has 2 aromatic carbocycles. The van der Waals surface area contributed by atoms with Gasteiger partial charge in [-0.15, -0.1) is 0 Å². The third-order valence-electron chi connectivity index (χ3n) is 7.07. The van der Waals surface area contributed by atoms with Crippen molar-refractivity contribution < 1.29 is 24.2 Å². The van der Waals surface area contributed by atoms with Crippen LogP contribution in [0.5, 0.6) is 5.75 Å². The van der Waals surface area contributed by atoms with Crippen molar-refractivity contribution in [1.82, 2.24) is 15.5 Å². The monoisotopic (exact) mass is 493 g/mol. The van der Waals surface area contributed by atoms with E-state index in [1.165, 1.54) is 4.90 Å². The summed E-state index contributed by atoms with van der Waals surface area (Å²) in [6.07, 6.45) is 4.15. The SMILES string of the molecule is O=C(CC1CCN(C(=O)O)CC1)N[C@@H](Cc1ccc(OCc2ccccc2)cc1)C(=O)NC1CCC1. The Labute approximate surface area is 212 Å². The van der Waals surface area contributed by atoms with Crippen molar-refractivity contribution in [2.75, 3.05) is 13.1 Å². The maximum absolute atomic E-state index is 13.0. The molecule has 0 bridgehead atoms. The molecule has 2 aromatic rings. The van der Waals surface area contributed by atoms with Gasteiger partial charge >= 0.3 is 6.09 Å². The van der Waals surface area contributed by atoms with Crippen LogP contribution in [-0.2, 0) is 22.6 Å². The van der Waals surface area contributed by atoms with Crippen molar-refractivity contribution >= 4 is 17.9 Å². The van der Waals surface area contributed by atoms with E-state index in [1.54, 1.807) is 0 Å². The number of carboxylic acid groups (broad SMARTS) is 1. The molecule has 3 amide bonds. The molecule has 1 atom stereocenters. The highest BCUT2D eigenvalue weighted by Gasteiger charge is 2.28. The van der Waals surface area contributed by atoms with Gasteiger partial charge in [-0.2, -0.15) is 0 Å². The van der Waals surface area contributed by atoms with E-state index in [0.29, 0.717) is 45.4 Å². The fourth-order valence-electron chi connectivity index (χ4n) is 4.61. The lowest BCUT2D eigenvalue weighted by Crippen LogP contribution is -2.52. The van der Waals surface area contributed by atoms with Gasteiger partial charge in [0.25, 0.3) is 0 Å². The number of nitrogens with one attached hydrogen (secondary N) is 2. The average Bonchev–Trinajstić information content (AvgIpc) is 2.86. The summed E-state index contributed by atoms with van der Waals surface area (Å²) in [6, 6.07) is 17.1. The van der Waals surface area contributed by atoms with Crippen molar-refractivity contribution in [3.05, 3.63) is 65.7 Å². The minimum absolute atomic E-state index is 0.122. The average molecular weight is 494 g/mol. The van der Waals surface area contributed by atoms with Crippen LogP contribution in [0.15, 0.2) is 54.6 Å². The van der Waals surface area contributed by atoms with E-state index in [0.717, 1.165) is 36.1 Å². The van der Waals surface area contributed by atoms with Crippen LogP contribution in [0.4, 0.5) is 4.79 Å². The van der Waals surface area contributed by atoms with Crippen LogP contribution in [0.1, 0.15) is 49.7 Å². The van der Waals surface area contributed by atoms with Crippen LogP contribution < -0.4 is 15.4 Å². The molecular weight excluding hydrogens is 458 g/mol. The number of benzene rings is 2. The van der Waals surface area contributed by atoms with E-state index in [9.17, 15) is 14.4 Å². The molecule has 1 saturated heterocycles. The number of hydrogen-bond donors (Lipinski definition) is 3. The first kappa shape index (κ1) is 25.5. The Morgan fingerprint density at radius 3 is 2.25 bits per heavy atom. The van der Waals surface area contributed by atoms with E-state index in [-0.39, 0.29) is 23.8 Å². The van der Waals surface area contributed by atoms with Crippen LogP contribution in [0.2, 0.25) is 0 Å². The van der Waals surface area contributed by atoms with Crippen LogP contribution in [-0.4, -0.2) is 53.1 Å². The largest absolute Gasteiger partial charge is 0.489 e. The maximum atomic E-state index is 13.0. The lowest BCUT2D eigenvalue weighted by molar-refractivity contribution is -0.130. The summed E-state index contributed by atoms with van der Waals surface area (Å²) in [5.74, 6) is 0.547. The van der Waals surface area contributed by atoms with Gasteiger partial charge in [-0.3, -0.25) is 9.59 Å². The topological polar surface area (TPSA) is 108 Å². The number of ether oxygens (including phenoxy) is 1. The molecule has 2 aliphatic rings. The third kappa shape index (κ3) is 7.47. The molecule has 36 heavy (non-hydrogen) atoms. The fraction of sp³-hybridized carbons (Fsp3) is 0.464. The number of rotatable bonds is 10. The predicted octanol–water partition coefficient (Wildman–Crippen LogP) is 3.74. The first-order valence-electron chi connectivity index (χ1n) is 12.8. The number of carbonyl (C=O) groups excluding carboxylic acids is 2. The summed E-state index contributed by atoms with van der Waals surface area (Å²) in [5.41, 5.74) is 2.02. The molecule has 0 aromatic heterocycles. The molecule has 1 heterocycles. The van der Waals surface area contributed by atoms with Gasteiger partial charge in [0.1, 0.15) is 18.4 Å². The van der Waals surface area contributed by atoms with Gasteiger partial charge < -0.3 is 25.4 Å². The molecular formula is C28H35N3O5. The standard InChI is InChI=1S/C28H35N3O5/c32-26(18-21-13-15-31(16-14-21)28(34)35)30-25(27(33)29-23-7-4-8-23)17-20-9-11-24(12-10-20)36-19-22-5-2-1-3-6-22/h1-3,5-6,9-12,21,23,25H,4,7-8,13-19H2,(H,29,33)(H,30,32)(H,34,35)/t25-/m0/s1. The molecule has 1 aliphatic heterocycles. The van der Waals surface area contributed by atoms with E-state index >= 15 is 0 Å². The zero-order valence-electron chi connectivity index (χ0n) is 20.5. The maximum Gasteiger partial charge on any atom is 0.407 e. The predicted molar refractivity (Wildman–Crippen MR) is 136 cm³/mol. The highest BCUT2D eigenvalue weighted by molar-refractivity contribution is 5.88. The number of carbonyl (C=O) groups is 3. The summed E-state index contributed by atoms with van der Waals surface area (Å²) < 4.78 is 5.86. The molecule has 4 rings (SSSR count). The van der Waals surface area contributed by atoms with Gasteiger partial charge in [0.15, 0.2) is 0 Å². The van der Waals surface area contributed by atoms with Gasteiger partial charge in [0, 0.05) is 32.0 Å². The molecule has 0 unspecified atom stereocenters. The highest BCUT2D eigenvalue weighted by atomic mass is 16.5. The second-order valence-corrected chi connectivity index (χ2v) is 9.80. The second-order valence-electron chi connectivity index (χ2n) is 9.80. The lowest BCUT2D eigenvalue weighted by Gasteiger charge is -2.31. The molecule has 3 N–H and O–H groups in total. The smallest absolute Gasteiger partial charge is 0.407 e. The first-order valence-corrected chi connectivity index (χ1v) is 12.8. The van der Waals surface area contributed by atoms with E-state index in [4.69, 9.17) is 9.84 Å². The quantitative estimate of drug-likeness (QED) is 0.467. The molecule has 0 spiro atoms. The van der Waals surface area contributed by atoms with Crippen molar-refractivity contribution in [1.29, 1.82) is 0 Å². The van der Waals surface area contributed by atoms with E-state index in [2.05, 4.69) is 10.6 Å². The van der Waals surface area contributed by atoms with Crippen LogP contribution in [0.25, 0.3) is 0 Å². The molecule has 1 saturated carbocycles. The number of likely N-dealkylation sites (tertiary alicyclic amines) is 1. The Balaban J connectivity index is 1.32. The summed E-state index contributed by atoms with van der Waals surface area (Å²) >= 11 is 0. The summed E-state index contributed by atoms with van der Waals surface area (Å²) in [4.78, 5) is 38.3. The van der Waals surface area contributed by atoms with Gasteiger partial charge in [-0.1, -0.05) is 42.5 Å². The van der Waals surface area contributed by atoms with Crippen molar-refractivity contribution in [3.8, 4) is 5.75 Å². The number of nitrogens with zero attached hydrogens (tertiary/aromatic N) is 1. The molecule has 8 nitrogen and oxygen atoms in total. The Hall–Kier alpha value is -3.55. The highest BCUT2D eigenvalue weighted by Crippen LogP contribution is 2.22. The van der Waals surface area contributed by atoms with Crippen LogP contribution in [0, 0.1) is 5.92 Å². The third-order valence-corrected chi connectivity index (χ3v) is 7.07. The Kier molecular flexibility index (Phi) is 8.81. The van der Waals surface area contributed by atoms with Gasteiger partial charge in [0.2, 0.25) is 11.8 Å². The summed E-state index contributed by atoms with van der Waals surface area (Å²) in [6.45, 7) is 1.36. The second kappa shape index (κ2) is 12.4. The van der Waals surface area contributed by atoms with Gasteiger partial charge in [-0.25, -0.2) is 4.79 Å². The molecule has 8 heteroatoms. The van der Waals surface area contributed by atoms with Gasteiger partial charge in [0.05, 0.1) is 0 Å². The van der Waals surface area contributed by atoms with Crippen molar-refractivity contribution in [2.45, 2.75) is 63.6 Å². The van der Waals surface area contributed by atoms with E-state index in [1.807, 2.05) is 54.6 Å². The molecule has 0 radical (unpaired) electrons. The summed E-state index contributed by atoms with van der Waals surface area (Å²) in [7, 11) is 0. The van der Waals surface area contributed by atoms with Crippen molar-refractivity contribution in [3.63, 3.8) is 0 Å². The first-order chi connectivity index (χ1) is 17.5. The molecule has 2 fully saturated rings. The normalized spacial score (nSPS) is 17.1. The van der Waals surface area contributed by atoms with Crippen LogP contribution in [0.3, 0.4) is 0 Å². The van der Waals surface area contributed by atoms with E-state index < -0.39 is 12.1 Å². The molecule has 192 valence electrons. The zero-order valence-corrected chi connectivity index (χ0v) is 20.5. The number of piperidine rings is 1. The number of hydrogen-bond acceptors (Lipinski definition) is 4. The Morgan fingerprint density at radius 2 is 1.64 bits per heavy atom. The van der Waals surface area contributed by atoms with Crippen LogP contribution >= 0.6 is 0 Å². The zero-order chi connectivity index (χ0) is 25.3. The van der Waals surface area contributed by atoms with Gasteiger partial charge in [-0.05, 0) is 61.3 Å². The lowest BCUT2D eigenvalue weighted by atomic mass is 9.92. The minimum Gasteiger partial charge on any atom is -0.489 e. The fourth-order valence-corrected chi connectivity index (χ4v) is 4.61. The Bertz CT molecular complexity index is 1020. The Morgan fingerprint density at radius 1 is 0.944 bits per heavy atom. The summed E-state index contributed by atoms with van der Waals surface area (Å²) in [5, 5.41) is 15.1. The minimum atomic E-state index is -0.915. The molecule has 1 aliphatic carbocycles. The van der Waals surface area contributed by atoms with Crippen molar-refractivity contribution in [2.24, 2.45) is 5.92 Å².